The molecule has 12 nitrogen and oxygen atoms in total. The molecule has 2 aliphatic rings. The first kappa shape index (κ1) is 40.4. The molecule has 0 unspecified atom stereocenters. The summed E-state index contributed by atoms with van der Waals surface area (Å²) in [6.07, 6.45) is 2.76. The number of fused-ring (bicyclic) bond motifs is 5. The average molecular weight is 801 g/mol. The third kappa shape index (κ3) is 8.74. The molecular weight excluding hydrogens is 757 g/mol. The van der Waals surface area contributed by atoms with Gasteiger partial charge in [-0.3, -0.25) is 9.11 Å². The Morgan fingerprint density at radius 1 is 0.768 bits per heavy atom. The van der Waals surface area contributed by atoms with Gasteiger partial charge in [-0.05, 0) is 75.2 Å². The van der Waals surface area contributed by atoms with Crippen LogP contribution in [0.15, 0.2) is 113 Å². The molecule has 0 radical (unpaired) electrons. The number of carboxylic acid groups (broad SMARTS) is 1. The molecule has 3 N–H and O–H groups in total. The van der Waals surface area contributed by atoms with Crippen LogP contribution in [0.3, 0.4) is 0 Å². The van der Waals surface area contributed by atoms with Crippen LogP contribution in [-0.2, 0) is 46.2 Å². The van der Waals surface area contributed by atoms with Crippen molar-refractivity contribution >= 4 is 47.9 Å². The third-order valence-electron chi connectivity index (χ3n) is 9.95. The topological polar surface area (TPSA) is 173 Å². The number of aromatic carboxylic acids is 1. The minimum Gasteiger partial charge on any atom is -0.495 e. The molecular formula is C42H44N2O10S2. The minimum atomic E-state index is -4.47. The van der Waals surface area contributed by atoms with E-state index in [2.05, 4.69) is 71.1 Å². The van der Waals surface area contributed by atoms with Crippen molar-refractivity contribution in [1.29, 1.82) is 0 Å². The number of likely N-dealkylation sites (N-methyl/N-ethyl adjacent to an activating group) is 1. The number of nitrogens with zero attached hydrogens (tertiary/aromatic N) is 2. The molecule has 8 rings (SSSR count). The van der Waals surface area contributed by atoms with Crippen LogP contribution in [-0.4, -0.2) is 72.8 Å². The molecule has 6 aromatic rings. The van der Waals surface area contributed by atoms with E-state index in [9.17, 15) is 21.6 Å². The summed E-state index contributed by atoms with van der Waals surface area (Å²) in [5.74, 6) is 0.170. The Balaban J connectivity index is 0.000000144. The monoisotopic (exact) mass is 800 g/mol. The number of ether oxygens (including phenoxy) is 2. The van der Waals surface area contributed by atoms with Crippen LogP contribution >= 0.6 is 0 Å². The molecule has 1 aromatic heterocycles. The lowest BCUT2D eigenvalue weighted by Crippen LogP contribution is -2.32. The lowest BCUT2D eigenvalue weighted by Gasteiger charge is -2.33. The predicted octanol–water partition coefficient (Wildman–Crippen LogP) is 7.51. The van der Waals surface area contributed by atoms with Gasteiger partial charge in [0.15, 0.2) is 0 Å². The number of hydrogen-bond donors (Lipinski definition) is 3. The normalized spacial score (nSPS) is 15.0. The van der Waals surface area contributed by atoms with Gasteiger partial charge in [0.2, 0.25) is 0 Å². The van der Waals surface area contributed by atoms with Gasteiger partial charge in [0.25, 0.3) is 20.2 Å². The van der Waals surface area contributed by atoms with Crippen LogP contribution in [0, 0.1) is 0 Å². The van der Waals surface area contributed by atoms with Gasteiger partial charge in [-0.15, -0.1) is 0 Å². The summed E-state index contributed by atoms with van der Waals surface area (Å²) in [5.41, 5.74) is 6.64. The van der Waals surface area contributed by atoms with Crippen LogP contribution in [0.2, 0.25) is 0 Å². The van der Waals surface area contributed by atoms with Crippen molar-refractivity contribution in [3.63, 3.8) is 0 Å². The fourth-order valence-electron chi connectivity index (χ4n) is 7.30. The van der Waals surface area contributed by atoms with E-state index in [0.717, 1.165) is 62.3 Å². The van der Waals surface area contributed by atoms with Crippen molar-refractivity contribution in [2.75, 3.05) is 20.7 Å². The standard InChI is InChI=1S/C19H20N2.C13H16O4.C10H8O6S2/c1-20-12-11-19-17(14-20)16-9-5-6-10-18(16)21(19)13-15-7-3-2-4-8-15;1-13(2)7-6-8-10(17-13)5-4-9(12(14)15)11(8)16-3;11-17(12,13)9-5-1-3-7-8(9)4-2-6-10(7)18(14,15)16/h2-10H,11-14H2,1H3;4-5H,6-7H2,1-3H3,(H,14,15);1-6H,(H,11,12,13)(H,14,15,16). The number of benzene rings is 5. The zero-order valence-electron chi connectivity index (χ0n) is 31.5. The molecule has 0 fully saturated rings. The molecule has 0 saturated heterocycles. The van der Waals surface area contributed by atoms with Gasteiger partial charge in [-0.1, -0.05) is 72.8 Å². The Kier molecular flexibility index (Phi) is 11.6. The highest BCUT2D eigenvalue weighted by Crippen LogP contribution is 2.40. The van der Waals surface area contributed by atoms with E-state index in [1.165, 1.54) is 65.2 Å². The highest BCUT2D eigenvalue weighted by Gasteiger charge is 2.30. The number of para-hydroxylation sites is 1. The smallest absolute Gasteiger partial charge is 0.339 e. The number of aromatic nitrogens is 1. The van der Waals surface area contributed by atoms with Crippen molar-refractivity contribution in [2.45, 2.75) is 61.6 Å². The molecule has 294 valence electrons. The number of carboxylic acids is 1. The second kappa shape index (κ2) is 16.1. The van der Waals surface area contributed by atoms with Gasteiger partial charge < -0.3 is 24.0 Å². The minimum absolute atomic E-state index is 0.0233. The summed E-state index contributed by atoms with van der Waals surface area (Å²) in [7, 11) is -5.23. The van der Waals surface area contributed by atoms with Gasteiger partial charge in [0, 0.05) is 59.0 Å². The molecule has 0 amide bonds. The van der Waals surface area contributed by atoms with Crippen LogP contribution in [0.25, 0.3) is 21.7 Å². The molecule has 0 atom stereocenters. The van der Waals surface area contributed by atoms with Crippen LogP contribution in [0.5, 0.6) is 11.5 Å². The van der Waals surface area contributed by atoms with Gasteiger partial charge in [0.1, 0.15) is 32.5 Å². The van der Waals surface area contributed by atoms with E-state index in [4.69, 9.17) is 23.7 Å². The van der Waals surface area contributed by atoms with E-state index in [1.54, 1.807) is 6.07 Å². The van der Waals surface area contributed by atoms with Gasteiger partial charge in [-0.2, -0.15) is 16.8 Å². The number of carbonyl (C=O) groups is 1. The fraction of sp³-hybridized carbons (Fsp3) is 0.262. The summed E-state index contributed by atoms with van der Waals surface area (Å²) in [6.45, 7) is 7.23. The first-order valence-corrected chi connectivity index (χ1v) is 20.8. The lowest BCUT2D eigenvalue weighted by molar-refractivity contribution is 0.0690. The van der Waals surface area contributed by atoms with Gasteiger partial charge in [-0.25, -0.2) is 4.79 Å². The quantitative estimate of drug-likeness (QED) is 0.142. The van der Waals surface area contributed by atoms with Crippen molar-refractivity contribution in [1.82, 2.24) is 9.47 Å². The van der Waals surface area contributed by atoms with E-state index in [0.29, 0.717) is 5.75 Å². The number of methoxy groups -OCH3 is 1. The Morgan fingerprint density at radius 2 is 1.36 bits per heavy atom. The molecule has 0 spiro atoms. The van der Waals surface area contributed by atoms with E-state index in [-0.39, 0.29) is 21.9 Å². The molecule has 2 aliphatic heterocycles. The number of hydrogen-bond acceptors (Lipinski definition) is 8. The Hall–Kier alpha value is -5.25. The Bertz CT molecular complexity index is 2570. The van der Waals surface area contributed by atoms with Crippen molar-refractivity contribution < 1.29 is 45.3 Å². The van der Waals surface area contributed by atoms with E-state index in [1.807, 2.05) is 13.8 Å². The first-order chi connectivity index (χ1) is 26.5. The van der Waals surface area contributed by atoms with Crippen LogP contribution < -0.4 is 9.47 Å². The third-order valence-corrected chi connectivity index (χ3v) is 11.8. The first-order valence-electron chi connectivity index (χ1n) is 17.9. The van der Waals surface area contributed by atoms with Crippen LogP contribution in [0.1, 0.15) is 53.0 Å². The summed E-state index contributed by atoms with van der Waals surface area (Å²) >= 11 is 0. The lowest BCUT2D eigenvalue weighted by atomic mass is 9.92. The highest BCUT2D eigenvalue weighted by atomic mass is 32.2. The number of rotatable bonds is 6. The van der Waals surface area contributed by atoms with Gasteiger partial charge in [0.05, 0.1) is 7.11 Å². The summed E-state index contributed by atoms with van der Waals surface area (Å²) in [6, 6.07) is 30.4. The SMILES string of the molecule is CN1CCc2c(c3ccccc3n2Cc2ccccc2)C1.COc1c(C(=O)O)ccc2c1CCC(C)(C)O2.O=S(=O)(O)c1cccc2c(S(=O)(=O)O)cccc12. The van der Waals surface area contributed by atoms with E-state index < -0.39 is 36.0 Å². The predicted molar refractivity (Wildman–Crippen MR) is 214 cm³/mol. The molecule has 56 heavy (non-hydrogen) atoms. The maximum absolute atomic E-state index is 11.2. The van der Waals surface area contributed by atoms with Crippen molar-refractivity contribution in [3.8, 4) is 11.5 Å². The molecule has 0 aliphatic carbocycles. The molecule has 14 heteroatoms. The Morgan fingerprint density at radius 3 is 1.95 bits per heavy atom. The zero-order chi connectivity index (χ0) is 40.4. The second-order valence-corrected chi connectivity index (χ2v) is 17.1. The average Bonchev–Trinajstić information content (AvgIpc) is 3.45. The highest BCUT2D eigenvalue weighted by molar-refractivity contribution is 7.86. The molecule has 3 heterocycles. The maximum Gasteiger partial charge on any atom is 0.339 e. The van der Waals surface area contributed by atoms with E-state index >= 15 is 0 Å². The van der Waals surface area contributed by atoms with Crippen LogP contribution in [0.4, 0.5) is 0 Å². The zero-order valence-corrected chi connectivity index (χ0v) is 33.1. The summed E-state index contributed by atoms with van der Waals surface area (Å²) < 4.78 is 76.2. The fourth-order valence-corrected chi connectivity index (χ4v) is 8.72. The van der Waals surface area contributed by atoms with Crippen molar-refractivity contribution in [2.24, 2.45) is 0 Å². The summed E-state index contributed by atoms with van der Waals surface area (Å²) in [5, 5.41) is 10.6. The van der Waals surface area contributed by atoms with Crippen molar-refractivity contribution in [3.05, 3.63) is 131 Å². The second-order valence-electron chi connectivity index (χ2n) is 14.3. The Labute approximate surface area is 326 Å². The van der Waals surface area contributed by atoms with Gasteiger partial charge >= 0.3 is 5.97 Å². The molecule has 5 aromatic carbocycles. The summed E-state index contributed by atoms with van der Waals surface area (Å²) in [4.78, 5) is 12.7. The largest absolute Gasteiger partial charge is 0.495 e. The molecule has 0 saturated carbocycles. The molecule has 0 bridgehead atoms. The maximum atomic E-state index is 11.2.